The molecule has 0 aliphatic carbocycles. The van der Waals surface area contributed by atoms with E-state index in [1.165, 1.54) is 24.3 Å². The van der Waals surface area contributed by atoms with E-state index >= 15 is 0 Å². The van der Waals surface area contributed by atoms with Crippen molar-refractivity contribution < 1.29 is 27.9 Å². The van der Waals surface area contributed by atoms with Crippen LogP contribution in [-0.2, 0) is 11.2 Å². The van der Waals surface area contributed by atoms with Crippen molar-refractivity contribution in [3.63, 3.8) is 0 Å². The van der Waals surface area contributed by atoms with Crippen molar-refractivity contribution in [1.82, 2.24) is 5.48 Å². The summed E-state index contributed by atoms with van der Waals surface area (Å²) >= 11 is 0. The van der Waals surface area contributed by atoms with Crippen LogP contribution in [0.5, 0.6) is 5.75 Å². The Hall–Kier alpha value is -1.80. The first-order valence-corrected chi connectivity index (χ1v) is 4.86. The Morgan fingerprint density at radius 3 is 2.39 bits per heavy atom. The van der Waals surface area contributed by atoms with E-state index in [0.717, 1.165) is 5.48 Å². The van der Waals surface area contributed by atoms with Crippen molar-refractivity contribution in [3.05, 3.63) is 29.8 Å². The molecule has 4 N–H and O–H groups in total. The van der Waals surface area contributed by atoms with Gasteiger partial charge >= 0.3 is 12.3 Å². The zero-order valence-corrected chi connectivity index (χ0v) is 9.07. The van der Waals surface area contributed by atoms with Crippen molar-refractivity contribution in [2.45, 2.75) is 18.8 Å². The van der Waals surface area contributed by atoms with E-state index in [-0.39, 0.29) is 12.2 Å². The maximum Gasteiger partial charge on any atom is 0.489 e. The molecule has 1 aromatic carbocycles. The lowest BCUT2D eigenvalue weighted by Crippen LogP contribution is -2.34. The van der Waals surface area contributed by atoms with Crippen LogP contribution in [0.25, 0.3) is 0 Å². The summed E-state index contributed by atoms with van der Waals surface area (Å²) in [7, 11) is 0. The van der Waals surface area contributed by atoms with E-state index in [4.69, 9.17) is 10.8 Å². The second-order valence-corrected chi connectivity index (χ2v) is 3.49. The predicted molar refractivity (Wildman–Crippen MR) is 55.6 cm³/mol. The number of carboxylic acid groups (broad SMARTS) is 1. The topological polar surface area (TPSA) is 84.6 Å². The predicted octanol–water partition coefficient (Wildman–Crippen LogP) is 1.04. The molecule has 0 saturated carbocycles. The summed E-state index contributed by atoms with van der Waals surface area (Å²) in [6.07, 6.45) is -4.55. The third-order valence-electron chi connectivity index (χ3n) is 1.98. The molecule has 0 amide bonds. The molecule has 1 atom stereocenters. The molecule has 0 saturated heterocycles. The van der Waals surface area contributed by atoms with Gasteiger partial charge in [0.25, 0.3) is 0 Å². The van der Waals surface area contributed by atoms with Crippen LogP contribution < -0.4 is 16.1 Å². The number of hydroxylamine groups is 1. The highest BCUT2D eigenvalue weighted by molar-refractivity contribution is 5.73. The minimum absolute atomic E-state index is 0.0417. The molecule has 0 heterocycles. The number of benzene rings is 1. The Bertz CT molecular complexity index is 406. The van der Waals surface area contributed by atoms with Crippen LogP contribution in [0.2, 0.25) is 0 Å². The molecule has 18 heavy (non-hydrogen) atoms. The average molecular weight is 264 g/mol. The van der Waals surface area contributed by atoms with E-state index in [9.17, 15) is 18.0 Å². The zero-order valence-electron chi connectivity index (χ0n) is 9.07. The van der Waals surface area contributed by atoms with Crippen molar-refractivity contribution in [3.8, 4) is 5.75 Å². The fraction of sp³-hybridized carbons (Fsp3) is 0.300. The van der Waals surface area contributed by atoms with Gasteiger partial charge in [-0.3, -0.25) is 4.79 Å². The van der Waals surface area contributed by atoms with Crippen molar-refractivity contribution in [1.29, 1.82) is 0 Å². The molecular weight excluding hydrogens is 253 g/mol. The van der Waals surface area contributed by atoms with Gasteiger partial charge in [0.15, 0.2) is 0 Å². The number of hydrogen-bond donors (Lipinski definition) is 3. The average Bonchev–Trinajstić information content (AvgIpc) is 2.27. The van der Waals surface area contributed by atoms with Gasteiger partial charge in [0.05, 0.1) is 0 Å². The summed E-state index contributed by atoms with van der Waals surface area (Å²) in [5.74, 6) is -1.19. The lowest BCUT2D eigenvalue weighted by atomic mass is 10.1. The lowest BCUT2D eigenvalue weighted by Gasteiger charge is -2.10. The van der Waals surface area contributed by atoms with Gasteiger partial charge < -0.3 is 15.7 Å². The largest absolute Gasteiger partial charge is 0.489 e. The molecular formula is C10H11F3N2O3. The first-order valence-electron chi connectivity index (χ1n) is 4.86. The Morgan fingerprint density at radius 1 is 1.39 bits per heavy atom. The Kier molecular flexibility index (Phi) is 4.51. The highest BCUT2D eigenvalue weighted by Crippen LogP contribution is 2.15. The fourth-order valence-corrected chi connectivity index (χ4v) is 1.15. The normalized spacial score (nSPS) is 13.1. The number of nitrogens with two attached hydrogens (primary N) is 1. The van der Waals surface area contributed by atoms with Gasteiger partial charge in [-0.05, 0) is 24.1 Å². The van der Waals surface area contributed by atoms with Crippen LogP contribution in [0, 0.1) is 0 Å². The van der Waals surface area contributed by atoms with Crippen LogP contribution in [0.4, 0.5) is 13.2 Å². The minimum Gasteiger partial charge on any atom is -0.480 e. The first kappa shape index (κ1) is 14.3. The lowest BCUT2D eigenvalue weighted by molar-refractivity contribution is -0.210. The Balaban J connectivity index is 2.55. The monoisotopic (exact) mass is 264 g/mol. The quantitative estimate of drug-likeness (QED) is 0.546. The number of hydrogen-bond acceptors (Lipinski definition) is 4. The number of alkyl halides is 3. The van der Waals surface area contributed by atoms with Crippen LogP contribution >= 0.6 is 0 Å². The molecule has 0 aromatic heterocycles. The number of carboxylic acids is 1. The Morgan fingerprint density at radius 2 is 1.94 bits per heavy atom. The molecule has 100 valence electrons. The van der Waals surface area contributed by atoms with Crippen LogP contribution in [-0.4, -0.2) is 23.4 Å². The number of halogens is 3. The van der Waals surface area contributed by atoms with E-state index in [2.05, 4.69) is 4.84 Å². The van der Waals surface area contributed by atoms with E-state index < -0.39 is 18.3 Å². The van der Waals surface area contributed by atoms with Crippen LogP contribution in [0.15, 0.2) is 24.3 Å². The number of rotatable bonds is 5. The maximum atomic E-state index is 11.8. The van der Waals surface area contributed by atoms with Gasteiger partial charge in [0, 0.05) is 0 Å². The fourth-order valence-electron chi connectivity index (χ4n) is 1.15. The number of nitrogens with one attached hydrogen (secondary N) is 1. The number of aliphatic carboxylic acids is 1. The smallest absolute Gasteiger partial charge is 0.480 e. The summed E-state index contributed by atoms with van der Waals surface area (Å²) in [6, 6.07) is 4.39. The summed E-state index contributed by atoms with van der Waals surface area (Å²) in [5.41, 5.74) is 6.80. The molecule has 0 fully saturated rings. The van der Waals surface area contributed by atoms with E-state index in [0.29, 0.717) is 5.56 Å². The van der Waals surface area contributed by atoms with Crippen molar-refractivity contribution in [2.75, 3.05) is 0 Å². The summed E-state index contributed by atoms with van der Waals surface area (Å²) in [5, 5.41) is 8.59. The molecule has 8 heteroatoms. The molecule has 0 bridgehead atoms. The molecule has 0 unspecified atom stereocenters. The standard InChI is InChI=1S/C10H11F3N2O3/c11-10(12,13)15-18-7-3-1-6(2-4-7)5-8(14)9(16)17/h1-4,8,15H,5,14H2,(H,16,17)/t8-/m0/s1. The zero-order chi connectivity index (χ0) is 13.8. The van der Waals surface area contributed by atoms with Gasteiger partial charge in [-0.2, -0.15) is 13.2 Å². The number of carbonyl (C=O) groups is 1. The third-order valence-corrected chi connectivity index (χ3v) is 1.98. The second-order valence-electron chi connectivity index (χ2n) is 3.49. The molecule has 0 radical (unpaired) electrons. The SMILES string of the molecule is N[C@@H](Cc1ccc(ONC(F)(F)F)cc1)C(=O)O. The van der Waals surface area contributed by atoms with Gasteiger partial charge in [-0.1, -0.05) is 17.6 Å². The van der Waals surface area contributed by atoms with Crippen LogP contribution in [0.3, 0.4) is 0 Å². The van der Waals surface area contributed by atoms with Crippen molar-refractivity contribution >= 4 is 5.97 Å². The van der Waals surface area contributed by atoms with E-state index in [1.54, 1.807) is 0 Å². The first-order chi connectivity index (χ1) is 8.28. The highest BCUT2D eigenvalue weighted by Gasteiger charge is 2.28. The molecule has 0 aliphatic rings. The molecule has 1 aromatic rings. The van der Waals surface area contributed by atoms with Gasteiger partial charge in [-0.15, -0.1) is 0 Å². The van der Waals surface area contributed by atoms with Gasteiger partial charge in [0.2, 0.25) is 0 Å². The Labute approximate surface area is 100 Å². The molecule has 1 rings (SSSR count). The summed E-state index contributed by atoms with van der Waals surface area (Å²) in [6.45, 7) is 0. The van der Waals surface area contributed by atoms with Crippen LogP contribution in [0.1, 0.15) is 5.56 Å². The van der Waals surface area contributed by atoms with Gasteiger partial charge in [0.1, 0.15) is 11.8 Å². The second kappa shape index (κ2) is 5.69. The summed E-state index contributed by atoms with van der Waals surface area (Å²) in [4.78, 5) is 14.8. The minimum atomic E-state index is -4.63. The highest BCUT2D eigenvalue weighted by atomic mass is 19.4. The molecule has 0 aliphatic heterocycles. The van der Waals surface area contributed by atoms with Gasteiger partial charge in [-0.25, -0.2) is 0 Å². The molecule has 0 spiro atoms. The maximum absolute atomic E-state index is 11.8. The summed E-state index contributed by atoms with van der Waals surface area (Å²) < 4.78 is 35.3. The molecule has 5 nitrogen and oxygen atoms in total. The van der Waals surface area contributed by atoms with Crippen molar-refractivity contribution in [2.24, 2.45) is 5.73 Å². The van der Waals surface area contributed by atoms with E-state index in [1.807, 2.05) is 0 Å². The third kappa shape index (κ3) is 5.02.